The second-order valence-corrected chi connectivity index (χ2v) is 3.39. The summed E-state index contributed by atoms with van der Waals surface area (Å²) in [5.41, 5.74) is 6.14. The SMILES string of the molecule is COC(=O)c1ccc(C(O)CN)cc1Cl. The van der Waals surface area contributed by atoms with E-state index >= 15 is 0 Å². The van der Waals surface area contributed by atoms with Gasteiger partial charge in [-0.2, -0.15) is 0 Å². The largest absolute Gasteiger partial charge is 0.465 e. The van der Waals surface area contributed by atoms with Gasteiger partial charge in [0.15, 0.2) is 0 Å². The van der Waals surface area contributed by atoms with E-state index in [0.717, 1.165) is 0 Å². The highest BCUT2D eigenvalue weighted by atomic mass is 35.5. The molecule has 1 unspecified atom stereocenters. The number of rotatable bonds is 3. The molecule has 0 aliphatic carbocycles. The van der Waals surface area contributed by atoms with Crippen LogP contribution in [-0.2, 0) is 4.74 Å². The summed E-state index contributed by atoms with van der Waals surface area (Å²) in [5.74, 6) is -0.506. The average Bonchev–Trinajstić information content (AvgIpc) is 2.26. The van der Waals surface area contributed by atoms with Gasteiger partial charge >= 0.3 is 5.97 Å². The number of carbonyl (C=O) groups is 1. The van der Waals surface area contributed by atoms with Crippen molar-refractivity contribution < 1.29 is 14.6 Å². The Hall–Kier alpha value is -1.10. The summed E-state index contributed by atoms with van der Waals surface area (Å²) >= 11 is 5.85. The smallest absolute Gasteiger partial charge is 0.339 e. The molecule has 0 heterocycles. The van der Waals surface area contributed by atoms with Crippen LogP contribution in [0.1, 0.15) is 22.0 Å². The van der Waals surface area contributed by atoms with Crippen molar-refractivity contribution in [2.24, 2.45) is 5.73 Å². The number of esters is 1. The van der Waals surface area contributed by atoms with Crippen molar-refractivity contribution in [1.29, 1.82) is 0 Å². The first-order valence-corrected chi connectivity index (χ1v) is 4.73. The summed E-state index contributed by atoms with van der Waals surface area (Å²) in [6.07, 6.45) is -0.769. The monoisotopic (exact) mass is 229 g/mol. The summed E-state index contributed by atoms with van der Waals surface area (Å²) in [4.78, 5) is 11.2. The van der Waals surface area contributed by atoms with Gasteiger partial charge in [0.05, 0.1) is 23.8 Å². The lowest BCUT2D eigenvalue weighted by Gasteiger charge is -2.09. The lowest BCUT2D eigenvalue weighted by Crippen LogP contribution is -2.12. The zero-order valence-corrected chi connectivity index (χ0v) is 8.99. The predicted octanol–water partition coefficient (Wildman–Crippen LogP) is 1.12. The molecule has 0 amide bonds. The van der Waals surface area contributed by atoms with Gasteiger partial charge in [0.25, 0.3) is 0 Å². The maximum Gasteiger partial charge on any atom is 0.339 e. The number of halogens is 1. The van der Waals surface area contributed by atoms with E-state index in [-0.39, 0.29) is 17.1 Å². The molecule has 0 aliphatic heterocycles. The zero-order valence-electron chi connectivity index (χ0n) is 8.24. The fourth-order valence-corrected chi connectivity index (χ4v) is 1.42. The lowest BCUT2D eigenvalue weighted by atomic mass is 10.1. The molecular formula is C10H12ClNO3. The predicted molar refractivity (Wildman–Crippen MR) is 56.8 cm³/mol. The fourth-order valence-electron chi connectivity index (χ4n) is 1.15. The minimum atomic E-state index is -0.769. The number of benzene rings is 1. The van der Waals surface area contributed by atoms with Gasteiger partial charge in [-0.25, -0.2) is 4.79 Å². The lowest BCUT2D eigenvalue weighted by molar-refractivity contribution is 0.0600. The minimum absolute atomic E-state index is 0.105. The Bertz CT molecular complexity index is 368. The van der Waals surface area contributed by atoms with Crippen molar-refractivity contribution in [3.63, 3.8) is 0 Å². The average molecular weight is 230 g/mol. The molecule has 4 nitrogen and oxygen atoms in total. The van der Waals surface area contributed by atoms with Crippen LogP contribution in [-0.4, -0.2) is 24.7 Å². The molecule has 5 heteroatoms. The summed E-state index contributed by atoms with van der Waals surface area (Å²) in [6, 6.07) is 4.60. The highest BCUT2D eigenvalue weighted by Gasteiger charge is 2.13. The van der Waals surface area contributed by atoms with Gasteiger partial charge in [-0.15, -0.1) is 0 Å². The Morgan fingerprint density at radius 2 is 2.33 bits per heavy atom. The molecule has 82 valence electrons. The van der Waals surface area contributed by atoms with E-state index in [2.05, 4.69) is 4.74 Å². The quantitative estimate of drug-likeness (QED) is 0.762. The van der Waals surface area contributed by atoms with Crippen LogP contribution in [0.2, 0.25) is 5.02 Å². The van der Waals surface area contributed by atoms with E-state index < -0.39 is 12.1 Å². The number of methoxy groups -OCH3 is 1. The van der Waals surface area contributed by atoms with Gasteiger partial charge in [-0.05, 0) is 17.7 Å². The van der Waals surface area contributed by atoms with Crippen LogP contribution in [0.15, 0.2) is 18.2 Å². The Labute approximate surface area is 92.6 Å². The van der Waals surface area contributed by atoms with Crippen LogP contribution < -0.4 is 5.73 Å². The minimum Gasteiger partial charge on any atom is -0.465 e. The molecule has 1 rings (SSSR count). The molecule has 1 aromatic rings. The van der Waals surface area contributed by atoms with Crippen LogP contribution in [0, 0.1) is 0 Å². The first-order valence-electron chi connectivity index (χ1n) is 4.36. The molecule has 0 bridgehead atoms. The van der Waals surface area contributed by atoms with Gasteiger partial charge in [0.2, 0.25) is 0 Å². The number of nitrogens with two attached hydrogens (primary N) is 1. The van der Waals surface area contributed by atoms with Crippen LogP contribution >= 0.6 is 11.6 Å². The Balaban J connectivity index is 3.03. The van der Waals surface area contributed by atoms with E-state index in [0.29, 0.717) is 5.56 Å². The second kappa shape index (κ2) is 5.11. The molecule has 0 aliphatic rings. The molecule has 0 saturated carbocycles. The van der Waals surface area contributed by atoms with Crippen LogP contribution in [0.25, 0.3) is 0 Å². The maximum atomic E-state index is 11.2. The zero-order chi connectivity index (χ0) is 11.4. The Kier molecular flexibility index (Phi) is 4.08. The highest BCUT2D eigenvalue weighted by molar-refractivity contribution is 6.33. The van der Waals surface area contributed by atoms with Gasteiger partial charge in [0.1, 0.15) is 0 Å². The number of hydrogen-bond donors (Lipinski definition) is 2. The van der Waals surface area contributed by atoms with Crippen LogP contribution in [0.3, 0.4) is 0 Å². The van der Waals surface area contributed by atoms with E-state index in [1.54, 1.807) is 6.07 Å². The van der Waals surface area contributed by atoms with E-state index in [1.165, 1.54) is 19.2 Å². The molecule has 0 fully saturated rings. The van der Waals surface area contributed by atoms with Gasteiger partial charge in [0, 0.05) is 6.54 Å². The standard InChI is InChI=1S/C10H12ClNO3/c1-15-10(14)7-3-2-6(4-8(7)11)9(13)5-12/h2-4,9,13H,5,12H2,1H3. The first-order chi connectivity index (χ1) is 7.10. The summed E-state index contributed by atoms with van der Waals surface area (Å²) in [5, 5.41) is 9.68. The van der Waals surface area contributed by atoms with Gasteiger partial charge in [-0.3, -0.25) is 0 Å². The van der Waals surface area contributed by atoms with E-state index in [4.69, 9.17) is 17.3 Å². The number of aliphatic hydroxyl groups is 1. The van der Waals surface area contributed by atoms with Crippen molar-refractivity contribution in [3.05, 3.63) is 34.3 Å². The number of carbonyl (C=O) groups excluding carboxylic acids is 1. The van der Waals surface area contributed by atoms with Gasteiger partial charge < -0.3 is 15.6 Å². The molecule has 3 N–H and O–H groups in total. The van der Waals surface area contributed by atoms with Crippen molar-refractivity contribution in [3.8, 4) is 0 Å². The molecule has 0 radical (unpaired) electrons. The highest BCUT2D eigenvalue weighted by Crippen LogP contribution is 2.22. The Morgan fingerprint density at radius 3 is 2.80 bits per heavy atom. The topological polar surface area (TPSA) is 72.5 Å². The van der Waals surface area contributed by atoms with E-state index in [9.17, 15) is 9.90 Å². The van der Waals surface area contributed by atoms with Crippen molar-refractivity contribution >= 4 is 17.6 Å². The second-order valence-electron chi connectivity index (χ2n) is 2.98. The maximum absolute atomic E-state index is 11.2. The molecule has 15 heavy (non-hydrogen) atoms. The van der Waals surface area contributed by atoms with E-state index in [1.807, 2.05) is 0 Å². The Morgan fingerprint density at radius 1 is 1.67 bits per heavy atom. The summed E-state index contributed by atoms with van der Waals surface area (Å²) in [6.45, 7) is 0.105. The molecule has 1 aromatic carbocycles. The molecule has 0 saturated heterocycles. The van der Waals surface area contributed by atoms with Gasteiger partial charge in [-0.1, -0.05) is 17.7 Å². The summed E-state index contributed by atoms with van der Waals surface area (Å²) in [7, 11) is 1.28. The summed E-state index contributed by atoms with van der Waals surface area (Å²) < 4.78 is 4.53. The van der Waals surface area contributed by atoms with Crippen molar-refractivity contribution in [2.45, 2.75) is 6.10 Å². The van der Waals surface area contributed by atoms with Crippen molar-refractivity contribution in [1.82, 2.24) is 0 Å². The van der Waals surface area contributed by atoms with Crippen LogP contribution in [0.4, 0.5) is 0 Å². The molecular weight excluding hydrogens is 218 g/mol. The third kappa shape index (κ3) is 2.68. The molecule has 0 aromatic heterocycles. The van der Waals surface area contributed by atoms with Crippen molar-refractivity contribution in [2.75, 3.05) is 13.7 Å². The number of hydrogen-bond acceptors (Lipinski definition) is 4. The normalized spacial score (nSPS) is 12.3. The third-order valence-corrected chi connectivity index (χ3v) is 2.32. The molecule has 0 spiro atoms. The number of aliphatic hydroxyl groups excluding tert-OH is 1. The first kappa shape index (κ1) is 12.0. The van der Waals surface area contributed by atoms with Crippen LogP contribution in [0.5, 0.6) is 0 Å². The fraction of sp³-hybridized carbons (Fsp3) is 0.300. The molecule has 1 atom stereocenters. The number of ether oxygens (including phenoxy) is 1. The third-order valence-electron chi connectivity index (χ3n) is 2.01.